The van der Waals surface area contributed by atoms with Gasteiger partial charge in [-0.1, -0.05) is 17.0 Å². The van der Waals surface area contributed by atoms with E-state index < -0.39 is 0 Å². The molecule has 0 N–H and O–H groups in total. The molecule has 0 fully saturated rings. The van der Waals surface area contributed by atoms with Crippen molar-refractivity contribution in [1.29, 1.82) is 0 Å². The van der Waals surface area contributed by atoms with E-state index in [0.29, 0.717) is 18.2 Å². The second-order valence-corrected chi connectivity index (χ2v) is 2.38. The van der Waals surface area contributed by atoms with Crippen molar-refractivity contribution in [3.05, 3.63) is 28.4 Å². The zero-order chi connectivity index (χ0) is 10.9. The molecule has 0 aromatic carbocycles. The summed E-state index contributed by atoms with van der Waals surface area (Å²) in [4.78, 5) is 10.4. The maximum Gasteiger partial charge on any atom is 0.316 e. The lowest BCUT2D eigenvalue weighted by molar-refractivity contribution is 0.312. The van der Waals surface area contributed by atoms with E-state index in [1.807, 2.05) is 6.92 Å². The van der Waals surface area contributed by atoms with Crippen LogP contribution in [0.25, 0.3) is 10.4 Å². The SMILES string of the molecule is CCOc1ncc(C#CCN=[N+]=[N-])cn1. The van der Waals surface area contributed by atoms with Gasteiger partial charge in [0.1, 0.15) is 0 Å². The van der Waals surface area contributed by atoms with Gasteiger partial charge in [0.2, 0.25) is 0 Å². The third-order valence-corrected chi connectivity index (χ3v) is 1.35. The van der Waals surface area contributed by atoms with Gasteiger partial charge >= 0.3 is 6.01 Å². The molecule has 0 aliphatic heterocycles. The Morgan fingerprint density at radius 1 is 1.53 bits per heavy atom. The fourth-order valence-corrected chi connectivity index (χ4v) is 0.793. The number of azide groups is 1. The molecule has 0 aliphatic rings. The lowest BCUT2D eigenvalue weighted by Gasteiger charge is -1.98. The minimum atomic E-state index is 0.143. The molecule has 76 valence electrons. The first-order chi connectivity index (χ1) is 7.36. The average molecular weight is 203 g/mol. The summed E-state index contributed by atoms with van der Waals surface area (Å²) in [6.45, 7) is 2.53. The van der Waals surface area contributed by atoms with Gasteiger partial charge in [-0.3, -0.25) is 0 Å². The van der Waals surface area contributed by atoms with Crippen LogP contribution in [0.1, 0.15) is 12.5 Å². The molecule has 0 bridgehead atoms. The summed E-state index contributed by atoms with van der Waals surface area (Å²) in [6, 6.07) is 0.332. The van der Waals surface area contributed by atoms with Crippen molar-refractivity contribution in [2.45, 2.75) is 6.92 Å². The predicted molar refractivity (Wildman–Crippen MR) is 54.1 cm³/mol. The summed E-state index contributed by atoms with van der Waals surface area (Å²) in [7, 11) is 0. The molecular formula is C9H9N5O. The van der Waals surface area contributed by atoms with Crippen molar-refractivity contribution < 1.29 is 4.74 Å². The Morgan fingerprint density at radius 3 is 2.87 bits per heavy atom. The summed E-state index contributed by atoms with van der Waals surface area (Å²) < 4.78 is 5.07. The number of nitrogens with zero attached hydrogens (tertiary/aromatic N) is 5. The van der Waals surface area contributed by atoms with Gasteiger partial charge in [0.25, 0.3) is 0 Å². The second kappa shape index (κ2) is 6.24. The quantitative estimate of drug-likeness (QED) is 0.323. The van der Waals surface area contributed by atoms with E-state index in [2.05, 4.69) is 31.8 Å². The molecule has 1 rings (SSSR count). The Kier molecular flexibility index (Phi) is 4.51. The summed E-state index contributed by atoms with van der Waals surface area (Å²) in [5.74, 6) is 5.42. The molecule has 0 amide bonds. The first kappa shape index (κ1) is 10.8. The summed E-state index contributed by atoms with van der Waals surface area (Å²) in [5.41, 5.74) is 8.67. The summed E-state index contributed by atoms with van der Waals surface area (Å²) in [6.07, 6.45) is 3.11. The Balaban J connectivity index is 2.62. The van der Waals surface area contributed by atoms with E-state index in [-0.39, 0.29) is 6.54 Å². The monoisotopic (exact) mass is 203 g/mol. The normalized spacial score (nSPS) is 8.33. The first-order valence-electron chi connectivity index (χ1n) is 4.31. The van der Waals surface area contributed by atoms with Crippen LogP contribution in [-0.2, 0) is 0 Å². The van der Waals surface area contributed by atoms with Gasteiger partial charge in [0.05, 0.1) is 18.7 Å². The van der Waals surface area contributed by atoms with E-state index in [1.165, 1.54) is 0 Å². The van der Waals surface area contributed by atoms with Crippen LogP contribution < -0.4 is 4.74 Å². The highest BCUT2D eigenvalue weighted by atomic mass is 16.5. The standard InChI is InChI=1S/C9H9N5O/c1-2-15-9-11-6-8(7-12-9)4-3-5-13-14-10/h6-7H,2,5H2,1H3. The highest BCUT2D eigenvalue weighted by Crippen LogP contribution is 2.00. The average Bonchev–Trinajstić information content (AvgIpc) is 2.27. The number of aromatic nitrogens is 2. The Bertz CT molecular complexity index is 410. The summed E-state index contributed by atoms with van der Waals surface area (Å²) in [5, 5.41) is 3.28. The lowest BCUT2D eigenvalue weighted by atomic mass is 10.3. The maximum absolute atomic E-state index is 8.01. The molecule has 1 aromatic heterocycles. The van der Waals surface area contributed by atoms with Crippen LogP contribution in [0.3, 0.4) is 0 Å². The van der Waals surface area contributed by atoms with Crippen LogP contribution in [0.2, 0.25) is 0 Å². The third-order valence-electron chi connectivity index (χ3n) is 1.35. The molecule has 0 radical (unpaired) electrons. The third kappa shape index (κ3) is 3.98. The van der Waals surface area contributed by atoms with Crippen LogP contribution in [0.5, 0.6) is 6.01 Å². The van der Waals surface area contributed by atoms with E-state index in [4.69, 9.17) is 10.3 Å². The van der Waals surface area contributed by atoms with Gasteiger partial charge in [0.15, 0.2) is 0 Å². The predicted octanol–water partition coefficient (Wildman–Crippen LogP) is 1.54. The van der Waals surface area contributed by atoms with Crippen molar-refractivity contribution >= 4 is 0 Å². The van der Waals surface area contributed by atoms with Crippen LogP contribution in [0.15, 0.2) is 17.5 Å². The number of ether oxygens (including phenoxy) is 1. The Morgan fingerprint density at radius 2 is 2.27 bits per heavy atom. The zero-order valence-electron chi connectivity index (χ0n) is 8.21. The zero-order valence-corrected chi connectivity index (χ0v) is 8.21. The number of hydrogen-bond acceptors (Lipinski definition) is 4. The van der Waals surface area contributed by atoms with E-state index in [0.717, 1.165) is 0 Å². The topological polar surface area (TPSA) is 83.8 Å². The highest BCUT2D eigenvalue weighted by molar-refractivity contribution is 5.30. The molecule has 0 atom stereocenters. The van der Waals surface area contributed by atoms with Crippen molar-refractivity contribution in [2.75, 3.05) is 13.2 Å². The molecule has 0 saturated heterocycles. The molecule has 6 heteroatoms. The van der Waals surface area contributed by atoms with Crippen molar-refractivity contribution in [2.24, 2.45) is 5.11 Å². The van der Waals surface area contributed by atoms with Crippen LogP contribution >= 0.6 is 0 Å². The Hall–Kier alpha value is -2.25. The van der Waals surface area contributed by atoms with Crippen molar-refractivity contribution in [1.82, 2.24) is 9.97 Å². The fraction of sp³-hybridized carbons (Fsp3) is 0.333. The van der Waals surface area contributed by atoms with Crippen molar-refractivity contribution in [3.8, 4) is 17.9 Å². The molecule has 1 aromatic rings. The van der Waals surface area contributed by atoms with E-state index in [9.17, 15) is 0 Å². The molecule has 0 spiro atoms. The lowest BCUT2D eigenvalue weighted by Crippen LogP contribution is -1.96. The molecule has 6 nitrogen and oxygen atoms in total. The second-order valence-electron chi connectivity index (χ2n) is 2.38. The van der Waals surface area contributed by atoms with Gasteiger partial charge in [-0.25, -0.2) is 9.97 Å². The van der Waals surface area contributed by atoms with Crippen LogP contribution in [-0.4, -0.2) is 23.1 Å². The van der Waals surface area contributed by atoms with Crippen LogP contribution in [0, 0.1) is 11.8 Å². The molecule has 0 aliphatic carbocycles. The molecule has 0 saturated carbocycles. The number of rotatable bonds is 3. The highest BCUT2D eigenvalue weighted by Gasteiger charge is 1.93. The van der Waals surface area contributed by atoms with Crippen molar-refractivity contribution in [3.63, 3.8) is 0 Å². The minimum absolute atomic E-state index is 0.143. The fourth-order valence-electron chi connectivity index (χ4n) is 0.793. The summed E-state index contributed by atoms with van der Waals surface area (Å²) >= 11 is 0. The largest absolute Gasteiger partial charge is 0.464 e. The smallest absolute Gasteiger partial charge is 0.316 e. The van der Waals surface area contributed by atoms with Gasteiger partial charge in [-0.15, -0.1) is 0 Å². The van der Waals surface area contributed by atoms with E-state index >= 15 is 0 Å². The van der Waals surface area contributed by atoms with Gasteiger partial charge in [0, 0.05) is 17.3 Å². The minimum Gasteiger partial charge on any atom is -0.464 e. The Labute approximate surface area is 86.9 Å². The molecule has 1 heterocycles. The number of hydrogen-bond donors (Lipinski definition) is 0. The molecule has 15 heavy (non-hydrogen) atoms. The van der Waals surface area contributed by atoms with Gasteiger partial charge in [-0.2, -0.15) is 0 Å². The molecule has 0 unspecified atom stereocenters. The van der Waals surface area contributed by atoms with Gasteiger partial charge in [-0.05, 0) is 12.5 Å². The van der Waals surface area contributed by atoms with E-state index in [1.54, 1.807) is 12.4 Å². The first-order valence-corrected chi connectivity index (χ1v) is 4.31. The van der Waals surface area contributed by atoms with Gasteiger partial charge < -0.3 is 4.74 Å². The molecular weight excluding hydrogens is 194 g/mol. The maximum atomic E-state index is 8.01. The van der Waals surface area contributed by atoms with Crippen LogP contribution in [0.4, 0.5) is 0 Å².